The van der Waals surface area contributed by atoms with Crippen LogP contribution in [0.3, 0.4) is 0 Å². The number of nitrogens with zero attached hydrogens (tertiary/aromatic N) is 2. The summed E-state index contributed by atoms with van der Waals surface area (Å²) in [4.78, 5) is 5.39. The molecular formula is C23H29N2. The maximum absolute atomic E-state index is 4.19. The molecule has 131 valence electrons. The minimum Gasteiger partial charge on any atom is -0.295 e. The number of benzene rings is 2. The van der Waals surface area contributed by atoms with Gasteiger partial charge < -0.3 is 0 Å². The maximum Gasteiger partial charge on any atom is 0.0602 e. The zero-order valence-corrected chi connectivity index (χ0v) is 15.1. The molecule has 0 saturated carbocycles. The molecule has 0 N–H and O–H groups in total. The third-order valence-electron chi connectivity index (χ3n) is 5.96. The molecule has 1 radical (unpaired) electrons. The van der Waals surface area contributed by atoms with E-state index < -0.39 is 0 Å². The van der Waals surface area contributed by atoms with Gasteiger partial charge in [0.15, 0.2) is 0 Å². The molecule has 1 atom stereocenters. The standard InChI is InChI=1S/C23H29N2/c1-2-21-15-9-10-16-25(21)22-17-24(18-22)23(19-11-5-3-6-12-19)20-13-7-4-8-14-20/h3-8,11-14,21-23H,1-2,9-10,15-18H2. The molecule has 2 fully saturated rings. The molecule has 1 unspecified atom stereocenters. The molecular weight excluding hydrogens is 304 g/mol. The van der Waals surface area contributed by atoms with Crippen molar-refractivity contribution in [2.24, 2.45) is 0 Å². The lowest BCUT2D eigenvalue weighted by atomic mass is 9.90. The van der Waals surface area contributed by atoms with E-state index in [1.807, 2.05) is 0 Å². The van der Waals surface area contributed by atoms with Crippen molar-refractivity contribution in [3.8, 4) is 0 Å². The van der Waals surface area contributed by atoms with E-state index >= 15 is 0 Å². The molecule has 0 aliphatic carbocycles. The van der Waals surface area contributed by atoms with Crippen LogP contribution in [0.1, 0.15) is 42.9 Å². The minimum absolute atomic E-state index is 0.377. The smallest absolute Gasteiger partial charge is 0.0602 e. The van der Waals surface area contributed by atoms with Crippen molar-refractivity contribution in [3.63, 3.8) is 0 Å². The fraction of sp³-hybridized carbons (Fsp3) is 0.435. The summed E-state index contributed by atoms with van der Waals surface area (Å²) in [6.07, 6.45) is 5.12. The average Bonchev–Trinajstić information content (AvgIpc) is 2.66. The Morgan fingerprint density at radius 1 is 0.880 bits per heavy atom. The lowest BCUT2D eigenvalue weighted by Gasteiger charge is -2.52. The molecule has 2 heterocycles. The summed E-state index contributed by atoms with van der Waals surface area (Å²) >= 11 is 0. The zero-order valence-electron chi connectivity index (χ0n) is 15.1. The highest BCUT2D eigenvalue weighted by atomic mass is 15.3. The third kappa shape index (κ3) is 3.51. The van der Waals surface area contributed by atoms with Gasteiger partial charge in [-0.05, 0) is 36.9 Å². The van der Waals surface area contributed by atoms with Crippen LogP contribution in [0.2, 0.25) is 0 Å². The molecule has 2 aromatic rings. The second-order valence-corrected chi connectivity index (χ2v) is 7.51. The molecule has 2 aliphatic heterocycles. The molecule has 2 nitrogen and oxygen atoms in total. The Bertz CT molecular complexity index is 609. The van der Waals surface area contributed by atoms with E-state index in [0.29, 0.717) is 18.1 Å². The van der Waals surface area contributed by atoms with Gasteiger partial charge in [-0.3, -0.25) is 9.80 Å². The van der Waals surface area contributed by atoms with Crippen molar-refractivity contribution in [2.75, 3.05) is 19.6 Å². The van der Waals surface area contributed by atoms with Gasteiger partial charge in [0.05, 0.1) is 6.04 Å². The Hall–Kier alpha value is -1.64. The van der Waals surface area contributed by atoms with Crippen LogP contribution in [0.4, 0.5) is 0 Å². The van der Waals surface area contributed by atoms with E-state index in [9.17, 15) is 0 Å². The number of rotatable bonds is 5. The summed E-state index contributed by atoms with van der Waals surface area (Å²) in [5.74, 6) is 0. The van der Waals surface area contributed by atoms with Crippen LogP contribution in [-0.2, 0) is 0 Å². The monoisotopic (exact) mass is 333 g/mol. The Morgan fingerprint density at radius 2 is 1.48 bits per heavy atom. The minimum atomic E-state index is 0.377. The van der Waals surface area contributed by atoms with E-state index in [0.717, 1.165) is 6.42 Å². The first-order valence-electron chi connectivity index (χ1n) is 9.75. The van der Waals surface area contributed by atoms with Gasteiger partial charge in [-0.2, -0.15) is 0 Å². The number of hydrogen-bond acceptors (Lipinski definition) is 2. The van der Waals surface area contributed by atoms with Gasteiger partial charge in [-0.25, -0.2) is 0 Å². The van der Waals surface area contributed by atoms with Crippen LogP contribution in [0.25, 0.3) is 0 Å². The van der Waals surface area contributed by atoms with Crippen molar-refractivity contribution >= 4 is 0 Å². The Labute approximate surface area is 152 Å². The molecule has 0 spiro atoms. The SMILES string of the molecule is [CH2]CC1CCCCN1C1CN(C(c2ccccc2)c2ccccc2)C1. The Morgan fingerprint density at radius 3 is 2.04 bits per heavy atom. The largest absolute Gasteiger partial charge is 0.295 e. The van der Waals surface area contributed by atoms with Crippen LogP contribution in [0.15, 0.2) is 60.7 Å². The Balaban J connectivity index is 1.51. The number of likely N-dealkylation sites (tertiary alicyclic amines) is 2. The first-order valence-corrected chi connectivity index (χ1v) is 9.75. The quantitative estimate of drug-likeness (QED) is 0.793. The van der Waals surface area contributed by atoms with E-state index in [2.05, 4.69) is 77.4 Å². The molecule has 2 heteroatoms. The van der Waals surface area contributed by atoms with E-state index in [1.165, 1.54) is 50.0 Å². The summed E-state index contributed by atoms with van der Waals surface area (Å²) in [5, 5.41) is 0. The summed E-state index contributed by atoms with van der Waals surface area (Å²) < 4.78 is 0. The van der Waals surface area contributed by atoms with Crippen LogP contribution >= 0.6 is 0 Å². The van der Waals surface area contributed by atoms with Gasteiger partial charge in [-0.1, -0.05) is 74.0 Å². The molecule has 4 rings (SSSR count). The number of piperidine rings is 1. The summed E-state index contributed by atoms with van der Waals surface area (Å²) in [6, 6.07) is 23.7. The second kappa shape index (κ2) is 7.72. The van der Waals surface area contributed by atoms with Crippen molar-refractivity contribution in [3.05, 3.63) is 78.7 Å². The molecule has 0 bridgehead atoms. The summed E-state index contributed by atoms with van der Waals surface area (Å²) in [6.45, 7) is 7.80. The Kier molecular flexibility index (Phi) is 5.19. The summed E-state index contributed by atoms with van der Waals surface area (Å²) in [5.41, 5.74) is 2.80. The predicted octanol–water partition coefficient (Wildman–Crippen LogP) is 4.54. The summed E-state index contributed by atoms with van der Waals surface area (Å²) in [7, 11) is 0. The first-order chi connectivity index (χ1) is 12.4. The lowest BCUT2D eigenvalue weighted by molar-refractivity contribution is -0.0206. The van der Waals surface area contributed by atoms with E-state index in [1.54, 1.807) is 0 Å². The van der Waals surface area contributed by atoms with Crippen molar-refractivity contribution in [1.29, 1.82) is 0 Å². The third-order valence-corrected chi connectivity index (χ3v) is 5.96. The topological polar surface area (TPSA) is 6.48 Å². The normalized spacial score (nSPS) is 22.9. The van der Waals surface area contributed by atoms with Crippen LogP contribution in [0, 0.1) is 6.92 Å². The number of hydrogen-bond donors (Lipinski definition) is 0. The van der Waals surface area contributed by atoms with Crippen LogP contribution in [-0.4, -0.2) is 41.5 Å². The van der Waals surface area contributed by atoms with Crippen LogP contribution in [0.5, 0.6) is 0 Å². The van der Waals surface area contributed by atoms with Crippen LogP contribution < -0.4 is 0 Å². The second-order valence-electron chi connectivity index (χ2n) is 7.51. The van der Waals surface area contributed by atoms with E-state index in [4.69, 9.17) is 0 Å². The fourth-order valence-electron chi connectivity index (χ4n) is 4.61. The molecule has 0 aromatic heterocycles. The van der Waals surface area contributed by atoms with Gasteiger partial charge in [-0.15, -0.1) is 0 Å². The zero-order chi connectivity index (χ0) is 17.1. The van der Waals surface area contributed by atoms with Gasteiger partial charge in [0.2, 0.25) is 0 Å². The first kappa shape index (κ1) is 16.8. The highest BCUT2D eigenvalue weighted by Gasteiger charge is 2.39. The van der Waals surface area contributed by atoms with Gasteiger partial charge in [0.1, 0.15) is 0 Å². The average molecular weight is 333 g/mol. The molecule has 0 amide bonds. The highest BCUT2D eigenvalue weighted by Crippen LogP contribution is 2.35. The van der Waals surface area contributed by atoms with Gasteiger partial charge in [0, 0.05) is 25.2 Å². The van der Waals surface area contributed by atoms with Gasteiger partial charge >= 0.3 is 0 Å². The fourth-order valence-corrected chi connectivity index (χ4v) is 4.61. The maximum atomic E-state index is 4.19. The van der Waals surface area contributed by atoms with E-state index in [-0.39, 0.29) is 0 Å². The lowest BCUT2D eigenvalue weighted by Crippen LogP contribution is -2.63. The van der Waals surface area contributed by atoms with Crippen molar-refractivity contribution < 1.29 is 0 Å². The molecule has 2 saturated heterocycles. The molecule has 2 aliphatic rings. The van der Waals surface area contributed by atoms with Crippen molar-refractivity contribution in [1.82, 2.24) is 9.80 Å². The highest BCUT2D eigenvalue weighted by molar-refractivity contribution is 5.32. The molecule has 25 heavy (non-hydrogen) atoms. The predicted molar refractivity (Wildman–Crippen MR) is 104 cm³/mol. The molecule has 2 aromatic carbocycles. The van der Waals surface area contributed by atoms with Crippen molar-refractivity contribution in [2.45, 2.75) is 43.8 Å². The van der Waals surface area contributed by atoms with Gasteiger partial charge in [0.25, 0.3) is 0 Å².